The minimum Gasteiger partial charge on any atom is -0.481 e. The molecule has 0 spiro atoms. The van der Waals surface area contributed by atoms with Crippen LogP contribution in [-0.4, -0.2) is 24.2 Å². The summed E-state index contributed by atoms with van der Waals surface area (Å²) in [6.07, 6.45) is 2.67. The Morgan fingerprint density at radius 2 is 1.88 bits per heavy atom. The van der Waals surface area contributed by atoms with Crippen molar-refractivity contribution in [1.82, 2.24) is 5.32 Å². The Hall–Kier alpha value is -1.42. The first-order valence-corrected chi connectivity index (χ1v) is 5.85. The Morgan fingerprint density at radius 3 is 2.53 bits per heavy atom. The second-order valence-electron chi connectivity index (χ2n) is 3.98. The normalized spacial score (nSPS) is 10.4. The topological polar surface area (TPSA) is 49.3 Å². The molecule has 0 saturated carbocycles. The van der Waals surface area contributed by atoms with E-state index in [1.807, 2.05) is 0 Å². The lowest BCUT2D eigenvalue weighted by atomic mass is 10.1. The quantitative estimate of drug-likeness (QED) is 0.684. The molecule has 0 radical (unpaired) electrons. The zero-order valence-corrected chi connectivity index (χ0v) is 9.79. The molecule has 1 rings (SSSR count). The SMILES string of the molecule is O=C(O)CCCCNCCc1ccc(F)cc1. The van der Waals surface area contributed by atoms with Gasteiger partial charge in [-0.1, -0.05) is 12.1 Å². The Labute approximate surface area is 101 Å². The fraction of sp³-hybridized carbons (Fsp3) is 0.462. The molecule has 0 aliphatic carbocycles. The van der Waals surface area contributed by atoms with E-state index in [-0.39, 0.29) is 12.2 Å². The average Bonchev–Trinajstić information content (AvgIpc) is 2.30. The maximum atomic E-state index is 12.6. The van der Waals surface area contributed by atoms with E-state index in [4.69, 9.17) is 5.11 Å². The molecular weight excluding hydrogens is 221 g/mol. The van der Waals surface area contributed by atoms with E-state index in [9.17, 15) is 9.18 Å². The number of hydrogen-bond donors (Lipinski definition) is 2. The molecule has 0 bridgehead atoms. The summed E-state index contributed by atoms with van der Waals surface area (Å²) in [6.45, 7) is 1.66. The highest BCUT2D eigenvalue weighted by Gasteiger charge is 1.96. The molecule has 0 aromatic heterocycles. The largest absolute Gasteiger partial charge is 0.481 e. The van der Waals surface area contributed by atoms with Crippen molar-refractivity contribution in [3.63, 3.8) is 0 Å². The molecule has 3 nitrogen and oxygen atoms in total. The molecule has 2 N–H and O–H groups in total. The molecule has 0 aliphatic rings. The van der Waals surface area contributed by atoms with E-state index in [0.717, 1.165) is 31.5 Å². The number of unbranched alkanes of at least 4 members (excludes halogenated alkanes) is 1. The van der Waals surface area contributed by atoms with Crippen LogP contribution in [-0.2, 0) is 11.2 Å². The highest BCUT2D eigenvalue weighted by Crippen LogP contribution is 2.02. The number of carboxylic acids is 1. The maximum Gasteiger partial charge on any atom is 0.303 e. The summed E-state index contributed by atoms with van der Waals surface area (Å²) in [5.41, 5.74) is 1.10. The van der Waals surface area contributed by atoms with Gasteiger partial charge in [0.1, 0.15) is 5.82 Å². The van der Waals surface area contributed by atoms with Gasteiger partial charge in [0.05, 0.1) is 0 Å². The van der Waals surface area contributed by atoms with Gasteiger partial charge in [-0.3, -0.25) is 4.79 Å². The van der Waals surface area contributed by atoms with E-state index in [0.29, 0.717) is 6.42 Å². The van der Waals surface area contributed by atoms with Gasteiger partial charge in [0.25, 0.3) is 0 Å². The molecule has 0 heterocycles. The molecule has 0 unspecified atom stereocenters. The van der Waals surface area contributed by atoms with E-state index in [2.05, 4.69) is 5.32 Å². The number of carboxylic acid groups (broad SMARTS) is 1. The second-order valence-corrected chi connectivity index (χ2v) is 3.98. The summed E-state index contributed by atoms with van der Waals surface area (Å²) in [6, 6.07) is 6.48. The molecule has 0 fully saturated rings. The standard InChI is InChI=1S/C13H18FNO2/c14-12-6-4-11(5-7-12)8-10-15-9-2-1-3-13(16)17/h4-7,15H,1-3,8-10H2,(H,16,17). The Balaban J connectivity index is 2.01. The van der Waals surface area contributed by atoms with Crippen LogP contribution in [0.15, 0.2) is 24.3 Å². The van der Waals surface area contributed by atoms with Crippen LogP contribution in [0.25, 0.3) is 0 Å². The predicted octanol–water partition coefficient (Wildman–Crippen LogP) is 2.21. The number of nitrogens with one attached hydrogen (secondary N) is 1. The number of halogens is 1. The molecule has 1 aromatic rings. The van der Waals surface area contributed by atoms with Gasteiger partial charge < -0.3 is 10.4 Å². The molecule has 94 valence electrons. The van der Waals surface area contributed by atoms with Crippen molar-refractivity contribution in [2.45, 2.75) is 25.7 Å². The van der Waals surface area contributed by atoms with Gasteiger partial charge in [0.15, 0.2) is 0 Å². The lowest BCUT2D eigenvalue weighted by molar-refractivity contribution is -0.137. The minimum atomic E-state index is -0.740. The highest BCUT2D eigenvalue weighted by molar-refractivity contribution is 5.66. The highest BCUT2D eigenvalue weighted by atomic mass is 19.1. The van der Waals surface area contributed by atoms with Gasteiger partial charge in [0, 0.05) is 6.42 Å². The molecular formula is C13H18FNO2. The zero-order chi connectivity index (χ0) is 12.5. The molecule has 17 heavy (non-hydrogen) atoms. The van der Waals surface area contributed by atoms with E-state index in [1.165, 1.54) is 12.1 Å². The first kappa shape index (κ1) is 13.6. The molecule has 0 amide bonds. The fourth-order valence-electron chi connectivity index (χ4n) is 1.54. The Bertz CT molecular complexity index is 338. The first-order valence-electron chi connectivity index (χ1n) is 5.85. The monoisotopic (exact) mass is 239 g/mol. The van der Waals surface area contributed by atoms with Gasteiger partial charge in [-0.15, -0.1) is 0 Å². The van der Waals surface area contributed by atoms with Crippen LogP contribution in [0, 0.1) is 5.82 Å². The number of aliphatic carboxylic acids is 1. The Morgan fingerprint density at radius 1 is 1.18 bits per heavy atom. The van der Waals surface area contributed by atoms with Gasteiger partial charge in [-0.25, -0.2) is 4.39 Å². The molecule has 1 aromatic carbocycles. The maximum absolute atomic E-state index is 12.6. The van der Waals surface area contributed by atoms with E-state index < -0.39 is 5.97 Å². The number of benzene rings is 1. The zero-order valence-electron chi connectivity index (χ0n) is 9.79. The molecule has 0 saturated heterocycles. The van der Waals surface area contributed by atoms with Crippen LogP contribution in [0.3, 0.4) is 0 Å². The van der Waals surface area contributed by atoms with E-state index in [1.54, 1.807) is 12.1 Å². The third-order valence-electron chi connectivity index (χ3n) is 2.50. The van der Waals surface area contributed by atoms with Gasteiger partial charge in [-0.05, 0) is 50.0 Å². The third kappa shape index (κ3) is 6.68. The van der Waals surface area contributed by atoms with Crippen molar-refractivity contribution in [2.24, 2.45) is 0 Å². The average molecular weight is 239 g/mol. The lowest BCUT2D eigenvalue weighted by Crippen LogP contribution is -2.18. The third-order valence-corrected chi connectivity index (χ3v) is 2.50. The summed E-state index contributed by atoms with van der Waals surface area (Å²) in [5.74, 6) is -0.952. The van der Waals surface area contributed by atoms with Crippen molar-refractivity contribution >= 4 is 5.97 Å². The van der Waals surface area contributed by atoms with Crippen molar-refractivity contribution < 1.29 is 14.3 Å². The molecule has 0 atom stereocenters. The predicted molar refractivity (Wildman–Crippen MR) is 64.5 cm³/mol. The summed E-state index contributed by atoms with van der Waals surface area (Å²) in [7, 11) is 0. The van der Waals surface area contributed by atoms with Crippen LogP contribution >= 0.6 is 0 Å². The number of hydrogen-bond acceptors (Lipinski definition) is 2. The lowest BCUT2D eigenvalue weighted by Gasteiger charge is -2.04. The van der Waals surface area contributed by atoms with Crippen LogP contribution in [0.4, 0.5) is 4.39 Å². The second kappa shape index (κ2) is 7.79. The first-order chi connectivity index (χ1) is 8.18. The molecule has 0 aliphatic heterocycles. The van der Waals surface area contributed by atoms with Crippen LogP contribution in [0.5, 0.6) is 0 Å². The van der Waals surface area contributed by atoms with Gasteiger partial charge >= 0.3 is 5.97 Å². The van der Waals surface area contributed by atoms with E-state index >= 15 is 0 Å². The number of rotatable bonds is 8. The van der Waals surface area contributed by atoms with Gasteiger partial charge in [0.2, 0.25) is 0 Å². The minimum absolute atomic E-state index is 0.213. The van der Waals surface area contributed by atoms with Crippen molar-refractivity contribution in [1.29, 1.82) is 0 Å². The molecule has 4 heteroatoms. The van der Waals surface area contributed by atoms with Crippen LogP contribution in [0.2, 0.25) is 0 Å². The smallest absolute Gasteiger partial charge is 0.303 e. The number of carbonyl (C=O) groups is 1. The van der Waals surface area contributed by atoms with Gasteiger partial charge in [-0.2, -0.15) is 0 Å². The van der Waals surface area contributed by atoms with Crippen molar-refractivity contribution in [2.75, 3.05) is 13.1 Å². The van der Waals surface area contributed by atoms with Crippen molar-refractivity contribution in [3.8, 4) is 0 Å². The summed E-state index contributed by atoms with van der Waals surface area (Å²) in [4.78, 5) is 10.2. The summed E-state index contributed by atoms with van der Waals surface area (Å²) in [5, 5.41) is 11.7. The summed E-state index contributed by atoms with van der Waals surface area (Å²) >= 11 is 0. The van der Waals surface area contributed by atoms with Crippen molar-refractivity contribution in [3.05, 3.63) is 35.6 Å². The summed E-state index contributed by atoms with van der Waals surface area (Å²) < 4.78 is 12.6. The van der Waals surface area contributed by atoms with Crippen LogP contribution in [0.1, 0.15) is 24.8 Å². The Kier molecular flexibility index (Phi) is 6.25. The fourth-order valence-corrected chi connectivity index (χ4v) is 1.54. The van der Waals surface area contributed by atoms with Crippen LogP contribution < -0.4 is 5.32 Å².